The highest BCUT2D eigenvalue weighted by molar-refractivity contribution is 6.02. The Balaban J connectivity index is 1.48. The van der Waals surface area contributed by atoms with Crippen molar-refractivity contribution in [2.75, 3.05) is 7.11 Å². The first kappa shape index (κ1) is 39.5. The molecule has 304 valence electrons. The molecule has 5 aromatic carbocycles. The number of carbonyl (C=O) groups is 1. The van der Waals surface area contributed by atoms with Crippen molar-refractivity contribution in [1.29, 1.82) is 0 Å². The van der Waals surface area contributed by atoms with Crippen LogP contribution < -0.4 is 14.2 Å². The maximum atomic E-state index is 13.3. The molecule has 0 aliphatic carbocycles. The summed E-state index contributed by atoms with van der Waals surface area (Å²) >= 11 is 0. The second kappa shape index (κ2) is 15.0. The van der Waals surface area contributed by atoms with Crippen molar-refractivity contribution in [2.45, 2.75) is 69.9 Å². The van der Waals surface area contributed by atoms with E-state index >= 15 is 0 Å². The maximum absolute atomic E-state index is 13.3. The smallest absolute Gasteiger partial charge is 0.170 e. The molecule has 15 heteroatoms. The third-order valence-electron chi connectivity index (χ3n) is 10.9. The Hall–Kier alpha value is -6.71. The zero-order valence-corrected chi connectivity index (χ0v) is 31.5. The normalized spacial score (nSPS) is 19.7. The Morgan fingerprint density at radius 1 is 0.707 bits per heavy atom. The Labute approximate surface area is 331 Å². The fourth-order valence-corrected chi connectivity index (χ4v) is 8.04. The molecule has 0 fully saturated rings. The van der Waals surface area contributed by atoms with Gasteiger partial charge in [0, 0.05) is 64.8 Å². The van der Waals surface area contributed by atoms with Crippen molar-refractivity contribution in [3.05, 3.63) is 105 Å². The van der Waals surface area contributed by atoms with Gasteiger partial charge in [-0.05, 0) is 48.7 Å². The van der Waals surface area contributed by atoms with Crippen LogP contribution in [0, 0.1) is 6.92 Å². The number of hydrogen-bond acceptors (Lipinski definition) is 15. The molecule has 0 amide bonds. The second-order valence-electron chi connectivity index (χ2n) is 14.5. The average molecular weight is 799 g/mol. The summed E-state index contributed by atoms with van der Waals surface area (Å²) in [7, 11) is 1.28. The number of benzene rings is 5. The summed E-state index contributed by atoms with van der Waals surface area (Å²) < 4.78 is 18.2. The van der Waals surface area contributed by atoms with E-state index in [2.05, 4.69) is 0 Å². The lowest BCUT2D eigenvalue weighted by atomic mass is 9.76. The molecule has 15 nitrogen and oxygen atoms in total. The number of ketones is 1. The molecule has 7 rings (SSSR count). The summed E-state index contributed by atoms with van der Waals surface area (Å²) in [6.45, 7) is 3.26. The first-order chi connectivity index (χ1) is 27.6. The van der Waals surface area contributed by atoms with E-state index in [1.54, 1.807) is 6.92 Å². The summed E-state index contributed by atoms with van der Waals surface area (Å²) in [6.07, 6.45) is -5.93. The Morgan fingerprint density at radius 3 is 1.97 bits per heavy atom. The number of rotatable bonds is 9. The minimum Gasteiger partial charge on any atom is -0.508 e. The molecule has 0 radical (unpaired) electrons. The van der Waals surface area contributed by atoms with Crippen molar-refractivity contribution in [3.8, 4) is 69.0 Å². The van der Waals surface area contributed by atoms with Gasteiger partial charge in [-0.3, -0.25) is 4.79 Å². The number of phenols is 9. The second-order valence-corrected chi connectivity index (χ2v) is 14.5. The van der Waals surface area contributed by atoms with Gasteiger partial charge in [0.2, 0.25) is 0 Å². The Bertz CT molecular complexity index is 2440. The third kappa shape index (κ3) is 6.47. The number of carbonyl (C=O) groups excluding carboxylic acids is 1. The molecule has 5 atom stereocenters. The zero-order valence-electron chi connectivity index (χ0n) is 31.5. The van der Waals surface area contributed by atoms with Crippen LogP contribution in [0.25, 0.3) is 0 Å². The summed E-state index contributed by atoms with van der Waals surface area (Å²) in [5.41, 5.74) is -0.254. The zero-order chi connectivity index (χ0) is 41.9. The topological polar surface area (TPSA) is 267 Å². The number of ether oxygens (including phenoxy) is 3. The molecule has 2 aliphatic heterocycles. The van der Waals surface area contributed by atoms with Crippen LogP contribution in [0.2, 0.25) is 0 Å². The number of methoxy groups -OCH3 is 1. The van der Waals surface area contributed by atoms with Crippen molar-refractivity contribution >= 4 is 5.78 Å². The van der Waals surface area contributed by atoms with Gasteiger partial charge < -0.3 is 70.4 Å². The van der Waals surface area contributed by atoms with Crippen LogP contribution in [-0.2, 0) is 12.8 Å². The van der Waals surface area contributed by atoms with Crippen molar-refractivity contribution in [1.82, 2.24) is 0 Å². The fourth-order valence-electron chi connectivity index (χ4n) is 8.04. The number of aromatic hydroxyl groups is 9. The van der Waals surface area contributed by atoms with Crippen LogP contribution in [0.1, 0.15) is 92.8 Å². The van der Waals surface area contributed by atoms with Gasteiger partial charge in [-0.2, -0.15) is 0 Å². The van der Waals surface area contributed by atoms with E-state index in [0.29, 0.717) is 6.42 Å². The standard InChI is InChI=1S/C43H42O15/c1-4-5-25(46)34-37(54)23(36(53)17(2)39(34)56-3)13-21-26(47)15-29(50)32-35(38(55)41(58-42(21)32)18-6-9-20(44)10-7-18)33-30(51)16-27(48)22-14-31(52)40(57-43(22)33)19-8-11-24(45)28(49)12-19/h6-12,15-16,31,35,38,40-41,44-45,47-55H,4-5,13-14H2,1-3H3/t31-,35+,38+,40-,41-/m1/s1. The molecular weight excluding hydrogens is 756 g/mol. The molecule has 11 N–H and O–H groups in total. The summed E-state index contributed by atoms with van der Waals surface area (Å²) in [5, 5.41) is 123. The van der Waals surface area contributed by atoms with Crippen LogP contribution >= 0.6 is 0 Å². The van der Waals surface area contributed by atoms with E-state index in [4.69, 9.17) is 14.2 Å². The molecule has 0 saturated carbocycles. The number of phenolic OH excluding ortho intramolecular Hbond substituents is 9. The van der Waals surface area contributed by atoms with Gasteiger partial charge in [-0.15, -0.1) is 0 Å². The van der Waals surface area contributed by atoms with Gasteiger partial charge in [0.1, 0.15) is 75.3 Å². The van der Waals surface area contributed by atoms with Gasteiger partial charge in [0.15, 0.2) is 23.4 Å². The predicted octanol–water partition coefficient (Wildman–Crippen LogP) is 5.59. The Morgan fingerprint density at radius 2 is 1.33 bits per heavy atom. The van der Waals surface area contributed by atoms with Crippen LogP contribution in [0.3, 0.4) is 0 Å². The average Bonchev–Trinajstić information content (AvgIpc) is 3.18. The maximum Gasteiger partial charge on any atom is 0.170 e. The molecular formula is C43H42O15. The number of aliphatic hydroxyl groups is 2. The molecule has 0 saturated heterocycles. The van der Waals surface area contributed by atoms with Gasteiger partial charge in [0.25, 0.3) is 0 Å². The first-order valence-corrected chi connectivity index (χ1v) is 18.4. The van der Waals surface area contributed by atoms with Gasteiger partial charge in [0.05, 0.1) is 19.1 Å². The van der Waals surface area contributed by atoms with E-state index in [1.807, 2.05) is 0 Å². The highest BCUT2D eigenvalue weighted by Gasteiger charge is 2.47. The molecule has 0 spiro atoms. The molecule has 2 heterocycles. The van der Waals surface area contributed by atoms with E-state index < -0.39 is 88.5 Å². The van der Waals surface area contributed by atoms with Gasteiger partial charge in [-0.1, -0.05) is 25.1 Å². The van der Waals surface area contributed by atoms with Crippen molar-refractivity contribution in [2.24, 2.45) is 0 Å². The quantitative estimate of drug-likeness (QED) is 0.0641. The predicted molar refractivity (Wildman–Crippen MR) is 205 cm³/mol. The monoisotopic (exact) mass is 798 g/mol. The Kier molecular flexibility index (Phi) is 10.2. The molecule has 0 unspecified atom stereocenters. The van der Waals surface area contributed by atoms with E-state index in [9.17, 15) is 61.0 Å². The summed E-state index contributed by atoms with van der Waals surface area (Å²) in [4.78, 5) is 13.3. The van der Waals surface area contributed by atoms with E-state index in [-0.39, 0.29) is 85.9 Å². The minimum atomic E-state index is -1.70. The highest BCUT2D eigenvalue weighted by atomic mass is 16.5. The SMILES string of the molecule is CCCC(=O)c1c(O)c(Cc2c(O)cc(O)c3c2O[C@H](c2ccc(O)cc2)[C@@H](O)[C@@H]3c2c(O)cc(O)c3c2O[C@H](c2ccc(O)c(O)c2)[C@H](O)C3)c(O)c(C)c1OC. The van der Waals surface area contributed by atoms with Gasteiger partial charge in [-0.25, -0.2) is 0 Å². The molecule has 5 aromatic rings. The molecule has 58 heavy (non-hydrogen) atoms. The molecule has 2 aliphatic rings. The van der Waals surface area contributed by atoms with Crippen LogP contribution in [-0.4, -0.2) is 81.3 Å². The van der Waals surface area contributed by atoms with E-state index in [1.165, 1.54) is 56.5 Å². The largest absolute Gasteiger partial charge is 0.508 e. The molecule has 0 bridgehead atoms. The van der Waals surface area contributed by atoms with Crippen molar-refractivity contribution < 1.29 is 75.2 Å². The number of Topliss-reactive ketones (excluding diaryl/α,β-unsaturated/α-hetero) is 1. The van der Waals surface area contributed by atoms with E-state index in [0.717, 1.165) is 12.1 Å². The molecule has 0 aromatic heterocycles. The third-order valence-corrected chi connectivity index (χ3v) is 10.9. The summed E-state index contributed by atoms with van der Waals surface area (Å²) in [6, 6.07) is 11.3. The number of aliphatic hydroxyl groups excluding tert-OH is 2. The van der Waals surface area contributed by atoms with Gasteiger partial charge >= 0.3 is 0 Å². The number of fused-ring (bicyclic) bond motifs is 2. The fraction of sp³-hybridized carbons (Fsp3) is 0.279. The lowest BCUT2D eigenvalue weighted by Gasteiger charge is -2.41. The summed E-state index contributed by atoms with van der Waals surface area (Å²) in [5.74, 6) is -6.89. The van der Waals surface area contributed by atoms with Crippen LogP contribution in [0.15, 0.2) is 54.6 Å². The number of hydrogen-bond donors (Lipinski definition) is 11. The van der Waals surface area contributed by atoms with Crippen molar-refractivity contribution in [3.63, 3.8) is 0 Å². The van der Waals surface area contributed by atoms with Crippen LogP contribution in [0.4, 0.5) is 0 Å². The first-order valence-electron chi connectivity index (χ1n) is 18.4. The van der Waals surface area contributed by atoms with Crippen LogP contribution in [0.5, 0.6) is 69.0 Å². The highest BCUT2D eigenvalue weighted by Crippen LogP contribution is 2.59. The lowest BCUT2D eigenvalue weighted by molar-refractivity contribution is 0.000746. The lowest BCUT2D eigenvalue weighted by Crippen LogP contribution is -2.37. The minimum absolute atomic E-state index is 0.0206.